The summed E-state index contributed by atoms with van der Waals surface area (Å²) in [5, 5.41) is 57.0. The van der Waals surface area contributed by atoms with Crippen LogP contribution in [0.3, 0.4) is 0 Å². The fourth-order valence-electron chi connectivity index (χ4n) is 12.3. The Morgan fingerprint density at radius 3 is 1.07 bits per heavy atom. The van der Waals surface area contributed by atoms with Crippen LogP contribution < -0.4 is 48.1 Å². The van der Waals surface area contributed by atoms with Crippen LogP contribution in [0, 0.1) is 23.7 Å². The van der Waals surface area contributed by atoms with E-state index in [9.17, 15) is 48.2 Å². The number of aromatic nitrogens is 6. The fourth-order valence-corrected chi connectivity index (χ4v) is 14.7. The number of halogens is 2. The Bertz CT molecular complexity index is 4390. The summed E-state index contributed by atoms with van der Waals surface area (Å²) in [4.78, 5) is 93.2. The Hall–Kier alpha value is -9.24. The number of aliphatic hydroxyl groups excluding tert-OH is 3. The number of aliphatic hydroxyl groups is 3. The van der Waals surface area contributed by atoms with Crippen molar-refractivity contribution >= 4 is 118 Å². The lowest BCUT2D eigenvalue weighted by molar-refractivity contribution is 0.0158. The molecule has 0 radical (unpaired) electrons. The number of aromatic carboxylic acids is 1. The number of nitrogen functional groups attached to an aromatic ring is 3. The van der Waals surface area contributed by atoms with Gasteiger partial charge in [-0.25, -0.2) is 9.59 Å². The SMILES string of the molecule is CC(C)(C)OC(=O)N1CCC(CO)CC1.COc1ccc(-n2nc(C(=O)N3CCC(CF)CC3)c3csc(N)c3c2=O)cc1.COc1ccc(-n2nc(C(=O)N3CCC(CO)CC3)c3csc(N)c3c2=O)cc1.COc1ccc(-n2nc(C(=O)O)c3csc(N)c3c2=O)cc1.Cl.OCC1CCCCC1. The Labute approximate surface area is 617 Å². The minimum atomic E-state index is -1.22. The number of nitrogens with zero attached hydrogens (tertiary/aromatic N) is 9. The van der Waals surface area contributed by atoms with Gasteiger partial charge in [0.05, 0.1) is 76.2 Å². The van der Waals surface area contributed by atoms with Gasteiger partial charge >= 0.3 is 12.1 Å². The van der Waals surface area contributed by atoms with Gasteiger partial charge in [-0.15, -0.1) is 46.4 Å². The van der Waals surface area contributed by atoms with Gasteiger partial charge in [0.2, 0.25) is 0 Å². The first-order valence-corrected chi connectivity index (χ1v) is 36.6. The molecule has 13 rings (SSSR count). The third-order valence-corrected chi connectivity index (χ3v) is 20.8. The van der Waals surface area contributed by atoms with Crippen molar-refractivity contribution in [3.63, 3.8) is 0 Å². The highest BCUT2D eigenvalue weighted by molar-refractivity contribution is 7.16. The second kappa shape index (κ2) is 37.0. The molecule has 0 atom stereocenters. The number of piperidine rings is 3. The first-order chi connectivity index (χ1) is 49.4. The maximum Gasteiger partial charge on any atom is 0.410 e. The van der Waals surface area contributed by atoms with E-state index in [-0.39, 0.29) is 106 Å². The molecule has 0 unspecified atom stereocenters. The average molecular weight is 1510 g/mol. The molecule has 104 heavy (non-hydrogen) atoms. The average Bonchev–Trinajstić information content (AvgIpc) is 1.52. The molecule has 10 N–H and O–H groups in total. The number of alkyl halides is 1. The summed E-state index contributed by atoms with van der Waals surface area (Å²) in [6.45, 7) is 9.44. The third kappa shape index (κ3) is 19.4. The topological polar surface area (TPSA) is 379 Å². The van der Waals surface area contributed by atoms with Gasteiger partial charge in [-0.05, 0) is 169 Å². The van der Waals surface area contributed by atoms with Crippen molar-refractivity contribution in [1.29, 1.82) is 0 Å². The number of hydrogen-bond acceptors (Lipinski definition) is 23. The molecule has 9 heterocycles. The van der Waals surface area contributed by atoms with Crippen molar-refractivity contribution in [3.05, 3.63) is 137 Å². The van der Waals surface area contributed by atoms with E-state index in [1.165, 1.54) is 76.6 Å². The van der Waals surface area contributed by atoms with Gasteiger partial charge in [0.25, 0.3) is 28.5 Å². The van der Waals surface area contributed by atoms with E-state index in [1.807, 2.05) is 20.8 Å². The lowest BCUT2D eigenvalue weighted by Gasteiger charge is -2.32. The third-order valence-electron chi connectivity index (χ3n) is 18.4. The molecule has 0 bridgehead atoms. The van der Waals surface area contributed by atoms with Crippen molar-refractivity contribution in [2.24, 2.45) is 23.7 Å². The zero-order valence-corrected chi connectivity index (χ0v) is 62.1. The molecule has 3 amide bonds. The Morgan fingerprint density at radius 1 is 0.481 bits per heavy atom. The molecule has 560 valence electrons. The van der Waals surface area contributed by atoms with Gasteiger partial charge in [0.15, 0.2) is 17.1 Å². The summed E-state index contributed by atoms with van der Waals surface area (Å²) < 4.78 is 37.0. The van der Waals surface area contributed by atoms with Crippen LogP contribution in [0.4, 0.5) is 24.2 Å². The predicted molar refractivity (Wildman–Crippen MR) is 404 cm³/mol. The van der Waals surface area contributed by atoms with Crippen molar-refractivity contribution in [3.8, 4) is 34.3 Å². The van der Waals surface area contributed by atoms with E-state index in [1.54, 1.807) is 112 Å². The number of carboxylic acid groups (broad SMARTS) is 1. The van der Waals surface area contributed by atoms with Crippen molar-refractivity contribution in [1.82, 2.24) is 44.0 Å². The number of methoxy groups -OCH3 is 3. The van der Waals surface area contributed by atoms with Crippen LogP contribution in [-0.2, 0) is 4.74 Å². The molecule has 3 aliphatic heterocycles. The summed E-state index contributed by atoms with van der Waals surface area (Å²) in [6, 6.07) is 20.3. The summed E-state index contributed by atoms with van der Waals surface area (Å²) in [6.07, 6.45) is 10.8. The van der Waals surface area contributed by atoms with Gasteiger partial charge in [0.1, 0.15) is 22.8 Å². The van der Waals surface area contributed by atoms with E-state index in [4.69, 9.17) is 46.4 Å². The molecule has 6 aromatic heterocycles. The number of nitrogens with two attached hydrogens (primary N) is 3. The monoisotopic (exact) mass is 1510 g/mol. The van der Waals surface area contributed by atoms with Crippen molar-refractivity contribution < 1.29 is 62.9 Å². The molecule has 0 spiro atoms. The standard InChI is InChI=1S/C20H21FN4O3S.C20H22N4O4S.C14H11N3O4S.C11H21NO3.C7H14O.ClH/c1-28-14-4-2-13(3-5-14)25-19(26)16-15(11-29-18(16)22)17(23-25)20(27)24-8-6-12(10-21)7-9-24;1-28-14-4-2-13(3-5-14)24-19(26)16-15(11-29-18(16)21)17(22-24)20(27)23-8-6-12(10-25)7-9-23;1-21-8-4-2-7(3-5-8)17-13(18)10-9(6-22-12(10)15)11(16-17)14(19)20;1-11(2,3)15-10(14)12-6-4-9(8-13)5-7-12;8-6-7-4-2-1-3-5-7;/h2-5,11-12H,6-10,22H2,1H3;2-5,11-12,25H,6-10,21H2,1H3;2-6H,15H2,1H3,(H,19,20);9,13H,4-8H2,1-3H3;7-8H,1-6H2;1H. The predicted octanol–water partition coefficient (Wildman–Crippen LogP) is 10.1. The highest BCUT2D eigenvalue weighted by Crippen LogP contribution is 2.33. The Balaban J connectivity index is 0.000000172. The van der Waals surface area contributed by atoms with E-state index in [0.717, 1.165) is 41.7 Å². The number of ether oxygens (including phenoxy) is 4. The number of hydrogen-bond donors (Lipinski definition) is 7. The van der Waals surface area contributed by atoms with Crippen molar-refractivity contribution in [2.75, 3.05) is 104 Å². The molecule has 1 saturated carbocycles. The van der Waals surface area contributed by atoms with Crippen LogP contribution in [0.1, 0.15) is 123 Å². The Kier molecular flexibility index (Phi) is 28.6. The molecule has 32 heteroatoms. The zero-order valence-electron chi connectivity index (χ0n) is 58.9. The largest absolute Gasteiger partial charge is 0.497 e. The number of fused-ring (bicyclic) bond motifs is 3. The number of amides is 3. The first-order valence-electron chi connectivity index (χ1n) is 34.0. The maximum atomic E-state index is 13.2. The van der Waals surface area contributed by atoms with Crippen LogP contribution in [0.25, 0.3) is 49.4 Å². The minimum Gasteiger partial charge on any atom is -0.497 e. The summed E-state index contributed by atoms with van der Waals surface area (Å²) in [5.74, 6) is 1.41. The molecule has 3 saturated heterocycles. The number of carbonyl (C=O) groups is 4. The first kappa shape index (κ1) is 80.4. The molecule has 1 aliphatic carbocycles. The molecule has 4 aliphatic rings. The quantitative estimate of drug-likeness (QED) is 0.0564. The Morgan fingerprint density at radius 2 is 0.779 bits per heavy atom. The van der Waals surface area contributed by atoms with Gasteiger partial charge < -0.3 is 71.3 Å². The number of rotatable bonds is 13. The van der Waals surface area contributed by atoms with E-state index in [2.05, 4.69) is 15.3 Å². The molecule has 3 aromatic carbocycles. The van der Waals surface area contributed by atoms with Crippen LogP contribution in [0.5, 0.6) is 17.2 Å². The van der Waals surface area contributed by atoms with Gasteiger partial charge in [0, 0.05) is 91.4 Å². The highest BCUT2D eigenvalue weighted by Gasteiger charge is 2.32. The number of thiophene rings is 3. The zero-order chi connectivity index (χ0) is 74.2. The smallest absolute Gasteiger partial charge is 0.410 e. The maximum absolute atomic E-state index is 13.2. The van der Waals surface area contributed by atoms with Gasteiger partial charge in [-0.2, -0.15) is 29.3 Å². The number of carboxylic acids is 1. The van der Waals surface area contributed by atoms with E-state index >= 15 is 0 Å². The summed E-state index contributed by atoms with van der Waals surface area (Å²) >= 11 is 3.55. The summed E-state index contributed by atoms with van der Waals surface area (Å²) in [5.41, 5.74) is 17.9. The molecular weight excluding hydrogens is 1420 g/mol. The molecule has 4 fully saturated rings. The second-order valence-electron chi connectivity index (χ2n) is 26.3. The van der Waals surface area contributed by atoms with Crippen LogP contribution in [0.2, 0.25) is 0 Å². The lowest BCUT2D eigenvalue weighted by atomic mass is 9.90. The van der Waals surface area contributed by atoms with Gasteiger partial charge in [-0.3, -0.25) is 28.4 Å². The normalized spacial score (nSPS) is 15.2. The minimum absolute atomic E-state index is 0. The van der Waals surface area contributed by atoms with Crippen LogP contribution in [-0.4, -0.2) is 181 Å². The molecule has 9 aromatic rings. The highest BCUT2D eigenvalue weighted by atomic mass is 35.5. The molecular formula is C72H90ClFN12O15S3. The fraction of sp³-hybridized carbons (Fsp3) is 0.444. The van der Waals surface area contributed by atoms with Crippen LogP contribution >= 0.6 is 46.4 Å². The number of likely N-dealkylation sites (tertiary alicyclic amines) is 3. The van der Waals surface area contributed by atoms with E-state index in [0.29, 0.717) is 136 Å². The lowest BCUT2D eigenvalue weighted by Crippen LogP contribution is -2.42. The van der Waals surface area contributed by atoms with Crippen LogP contribution in [0.15, 0.2) is 103 Å². The number of carbonyl (C=O) groups excluding carboxylic acids is 3. The van der Waals surface area contributed by atoms with Gasteiger partial charge in [-0.1, -0.05) is 19.3 Å². The van der Waals surface area contributed by atoms with E-state index < -0.39 is 17.1 Å². The van der Waals surface area contributed by atoms with Crippen molar-refractivity contribution in [2.45, 2.75) is 97.0 Å². The number of benzene rings is 3. The molecule has 27 nitrogen and oxygen atoms in total. The summed E-state index contributed by atoms with van der Waals surface area (Å²) in [7, 11) is 4.65. The number of anilines is 3. The second-order valence-corrected chi connectivity index (χ2v) is 29.1.